The highest BCUT2D eigenvalue weighted by Gasteiger charge is 2.47. The Balaban J connectivity index is 1.52. The van der Waals surface area contributed by atoms with Gasteiger partial charge in [0, 0.05) is 26.3 Å². The maximum Gasteiger partial charge on any atom is 0.410 e. The fourth-order valence-electron chi connectivity index (χ4n) is 3.96. The van der Waals surface area contributed by atoms with Crippen LogP contribution >= 0.6 is 0 Å². The van der Waals surface area contributed by atoms with Gasteiger partial charge in [-0.1, -0.05) is 30.3 Å². The van der Waals surface area contributed by atoms with Gasteiger partial charge in [-0.3, -0.25) is 4.79 Å². The number of ether oxygens (including phenoxy) is 2. The van der Waals surface area contributed by atoms with E-state index >= 15 is 0 Å². The van der Waals surface area contributed by atoms with Crippen LogP contribution in [-0.4, -0.2) is 48.4 Å². The van der Waals surface area contributed by atoms with E-state index in [2.05, 4.69) is 0 Å². The van der Waals surface area contributed by atoms with Gasteiger partial charge in [-0.05, 0) is 37.2 Å². The number of hydrogen-bond donors (Lipinski definition) is 1. The van der Waals surface area contributed by atoms with Gasteiger partial charge in [0.15, 0.2) is 0 Å². The van der Waals surface area contributed by atoms with Crippen LogP contribution in [0.15, 0.2) is 30.3 Å². The first-order valence-corrected chi connectivity index (χ1v) is 8.88. The molecule has 6 nitrogen and oxygen atoms in total. The molecule has 0 atom stereocenters. The van der Waals surface area contributed by atoms with E-state index in [9.17, 15) is 14.7 Å². The molecule has 0 radical (unpaired) electrons. The summed E-state index contributed by atoms with van der Waals surface area (Å²) in [5.74, 6) is -0.632. The van der Waals surface area contributed by atoms with Crippen molar-refractivity contribution in [3.05, 3.63) is 35.9 Å². The molecule has 0 saturated carbocycles. The van der Waals surface area contributed by atoms with E-state index in [-0.39, 0.29) is 18.6 Å². The third kappa shape index (κ3) is 3.95. The number of rotatable bonds is 4. The summed E-state index contributed by atoms with van der Waals surface area (Å²) in [4.78, 5) is 25.8. The zero-order chi connectivity index (χ0) is 17.7. The van der Waals surface area contributed by atoms with Gasteiger partial charge in [0.05, 0.1) is 5.41 Å². The maximum atomic E-state index is 12.2. The van der Waals surface area contributed by atoms with Gasteiger partial charge in [-0.25, -0.2) is 4.79 Å². The van der Waals surface area contributed by atoms with Crippen LogP contribution < -0.4 is 0 Å². The van der Waals surface area contributed by atoms with Crippen LogP contribution in [0.5, 0.6) is 0 Å². The molecule has 6 heteroatoms. The highest BCUT2D eigenvalue weighted by molar-refractivity contribution is 5.75. The van der Waals surface area contributed by atoms with Crippen LogP contribution in [0.4, 0.5) is 4.79 Å². The van der Waals surface area contributed by atoms with Crippen molar-refractivity contribution < 1.29 is 24.2 Å². The molecule has 1 aromatic carbocycles. The fourth-order valence-corrected chi connectivity index (χ4v) is 3.96. The van der Waals surface area contributed by atoms with Gasteiger partial charge in [-0.2, -0.15) is 0 Å². The molecule has 3 rings (SSSR count). The minimum absolute atomic E-state index is 0.0899. The van der Waals surface area contributed by atoms with Gasteiger partial charge in [0.2, 0.25) is 0 Å². The second kappa shape index (κ2) is 7.87. The number of amides is 1. The minimum atomic E-state index is -0.721. The maximum absolute atomic E-state index is 12.2. The van der Waals surface area contributed by atoms with Crippen molar-refractivity contribution in [2.24, 2.45) is 11.3 Å². The molecule has 1 N–H and O–H groups in total. The number of benzene rings is 1. The molecular formula is C19H25NO5. The van der Waals surface area contributed by atoms with E-state index in [1.165, 1.54) is 0 Å². The van der Waals surface area contributed by atoms with E-state index in [1.807, 2.05) is 30.3 Å². The number of aliphatic carboxylic acids is 1. The van der Waals surface area contributed by atoms with Gasteiger partial charge in [0.25, 0.3) is 0 Å². The summed E-state index contributed by atoms with van der Waals surface area (Å²) in [6.07, 6.45) is 2.20. The quantitative estimate of drug-likeness (QED) is 0.906. The van der Waals surface area contributed by atoms with Crippen molar-refractivity contribution >= 4 is 12.1 Å². The van der Waals surface area contributed by atoms with Gasteiger partial charge < -0.3 is 19.5 Å². The SMILES string of the molecule is O=C(OCc1ccccc1)N1CCC(C2(C(=O)O)CCOCC2)CC1. The van der Waals surface area contributed by atoms with Crippen molar-refractivity contribution in [3.8, 4) is 0 Å². The molecule has 2 heterocycles. The number of hydrogen-bond acceptors (Lipinski definition) is 4. The summed E-state index contributed by atoms with van der Waals surface area (Å²) in [7, 11) is 0. The number of piperidine rings is 1. The van der Waals surface area contributed by atoms with Gasteiger partial charge >= 0.3 is 12.1 Å². The first-order valence-electron chi connectivity index (χ1n) is 8.88. The number of carboxylic acid groups (broad SMARTS) is 1. The Bertz CT molecular complexity index is 589. The smallest absolute Gasteiger partial charge is 0.410 e. The Morgan fingerprint density at radius 3 is 2.40 bits per heavy atom. The van der Waals surface area contributed by atoms with Crippen molar-refractivity contribution in [1.29, 1.82) is 0 Å². The molecule has 2 fully saturated rings. The van der Waals surface area contributed by atoms with E-state index in [0.717, 1.165) is 5.56 Å². The molecule has 136 valence electrons. The molecular weight excluding hydrogens is 322 g/mol. The number of carbonyl (C=O) groups excluding carboxylic acids is 1. The lowest BCUT2D eigenvalue weighted by Gasteiger charge is -2.43. The zero-order valence-electron chi connectivity index (χ0n) is 14.4. The predicted molar refractivity (Wildman–Crippen MR) is 91.0 cm³/mol. The molecule has 2 saturated heterocycles. The lowest BCUT2D eigenvalue weighted by Crippen LogP contribution is -2.49. The average molecular weight is 347 g/mol. The zero-order valence-corrected chi connectivity index (χ0v) is 14.4. The van der Waals surface area contributed by atoms with E-state index < -0.39 is 11.4 Å². The Morgan fingerprint density at radius 1 is 1.16 bits per heavy atom. The van der Waals surface area contributed by atoms with Gasteiger partial charge in [0.1, 0.15) is 6.61 Å². The summed E-state index contributed by atoms with van der Waals surface area (Å²) in [5, 5.41) is 9.77. The van der Waals surface area contributed by atoms with E-state index in [0.29, 0.717) is 52.0 Å². The molecule has 1 amide bonds. The molecule has 2 aliphatic heterocycles. The summed E-state index contributed by atoms with van der Waals surface area (Å²) < 4.78 is 10.7. The number of nitrogens with zero attached hydrogens (tertiary/aromatic N) is 1. The molecule has 1 aromatic rings. The van der Waals surface area contributed by atoms with E-state index in [1.54, 1.807) is 4.90 Å². The number of likely N-dealkylation sites (tertiary alicyclic amines) is 1. The monoisotopic (exact) mass is 347 g/mol. The Labute approximate surface area is 147 Å². The average Bonchev–Trinajstić information content (AvgIpc) is 2.67. The molecule has 0 unspecified atom stereocenters. The Hall–Kier alpha value is -2.08. The topological polar surface area (TPSA) is 76.1 Å². The van der Waals surface area contributed by atoms with Crippen LogP contribution in [-0.2, 0) is 20.9 Å². The molecule has 0 bridgehead atoms. The minimum Gasteiger partial charge on any atom is -0.481 e. The normalized spacial score (nSPS) is 20.9. The van der Waals surface area contributed by atoms with Crippen LogP contribution in [0.2, 0.25) is 0 Å². The van der Waals surface area contributed by atoms with Crippen LogP contribution in [0.25, 0.3) is 0 Å². The lowest BCUT2D eigenvalue weighted by atomic mass is 9.66. The number of carbonyl (C=O) groups is 2. The van der Waals surface area contributed by atoms with Crippen LogP contribution in [0.3, 0.4) is 0 Å². The Morgan fingerprint density at radius 2 is 1.80 bits per heavy atom. The summed E-state index contributed by atoms with van der Waals surface area (Å²) >= 11 is 0. The molecule has 25 heavy (non-hydrogen) atoms. The van der Waals surface area contributed by atoms with Crippen LogP contribution in [0.1, 0.15) is 31.2 Å². The highest BCUT2D eigenvalue weighted by Crippen LogP contribution is 2.43. The van der Waals surface area contributed by atoms with E-state index in [4.69, 9.17) is 9.47 Å². The second-order valence-electron chi connectivity index (χ2n) is 6.88. The third-order valence-electron chi connectivity index (χ3n) is 5.55. The van der Waals surface area contributed by atoms with Gasteiger partial charge in [-0.15, -0.1) is 0 Å². The molecule has 0 aromatic heterocycles. The predicted octanol–water partition coefficient (Wildman–Crippen LogP) is 2.92. The molecule has 0 spiro atoms. The molecule has 0 aliphatic carbocycles. The first-order chi connectivity index (χ1) is 12.1. The lowest BCUT2D eigenvalue weighted by molar-refractivity contribution is -0.162. The third-order valence-corrected chi connectivity index (χ3v) is 5.55. The summed E-state index contributed by atoms with van der Waals surface area (Å²) in [5.41, 5.74) is 0.260. The van der Waals surface area contributed by atoms with Crippen molar-refractivity contribution in [2.45, 2.75) is 32.3 Å². The van der Waals surface area contributed by atoms with Crippen LogP contribution in [0, 0.1) is 11.3 Å². The van der Waals surface area contributed by atoms with Crippen molar-refractivity contribution in [1.82, 2.24) is 4.90 Å². The highest BCUT2D eigenvalue weighted by atomic mass is 16.6. The molecule has 2 aliphatic rings. The number of carboxylic acids is 1. The second-order valence-corrected chi connectivity index (χ2v) is 6.88. The summed E-state index contributed by atoms with van der Waals surface area (Å²) in [6.45, 7) is 2.37. The Kier molecular flexibility index (Phi) is 5.58. The largest absolute Gasteiger partial charge is 0.481 e. The van der Waals surface area contributed by atoms with Crippen molar-refractivity contribution in [2.75, 3.05) is 26.3 Å². The first kappa shape index (κ1) is 17.7. The fraction of sp³-hybridized carbons (Fsp3) is 0.579. The standard InChI is InChI=1S/C19H25NO5/c21-17(22)19(8-12-24-13-9-19)16-6-10-20(11-7-16)18(23)25-14-15-4-2-1-3-5-15/h1-5,16H,6-14H2,(H,21,22). The summed E-state index contributed by atoms with van der Waals surface area (Å²) in [6, 6.07) is 9.58. The van der Waals surface area contributed by atoms with Crippen molar-refractivity contribution in [3.63, 3.8) is 0 Å².